The Kier molecular flexibility index (Phi) is 8.01. The maximum Gasteiger partial charge on any atom is 0.331 e. The van der Waals surface area contributed by atoms with Crippen molar-refractivity contribution in [2.45, 2.75) is 39.5 Å². The van der Waals surface area contributed by atoms with E-state index in [4.69, 9.17) is 5.11 Å². The molecule has 0 aliphatic rings. The van der Waals surface area contributed by atoms with Gasteiger partial charge in [0.15, 0.2) is 0 Å². The van der Waals surface area contributed by atoms with Gasteiger partial charge in [-0.1, -0.05) is 32.8 Å². The van der Waals surface area contributed by atoms with Gasteiger partial charge in [0.25, 0.3) is 0 Å². The summed E-state index contributed by atoms with van der Waals surface area (Å²) in [5, 5.41) is 8.81. The topological polar surface area (TPSA) is 40.5 Å². The van der Waals surface area contributed by atoms with Crippen LogP contribution in [0.3, 0.4) is 0 Å². The van der Waals surface area contributed by atoms with Gasteiger partial charge >= 0.3 is 5.97 Å². The number of carboxylic acids is 1. The number of nitrogens with zero attached hydrogens (tertiary/aromatic N) is 1. The van der Waals surface area contributed by atoms with Crippen LogP contribution in [0.5, 0.6) is 0 Å². The van der Waals surface area contributed by atoms with Crippen molar-refractivity contribution >= 4 is 5.97 Å². The van der Waals surface area contributed by atoms with Crippen LogP contribution in [0.1, 0.15) is 39.5 Å². The van der Waals surface area contributed by atoms with Gasteiger partial charge in [0.05, 0.1) is 0 Å². The Bertz CT molecular complexity index is 212. The minimum atomic E-state index is -0.792. The number of carboxylic acid groups (broad SMARTS) is 1. The zero-order valence-corrected chi connectivity index (χ0v) is 10.1. The van der Waals surface area contributed by atoms with Gasteiger partial charge in [-0.3, -0.25) is 0 Å². The molecule has 0 aromatic carbocycles. The molecular weight excluding hydrogens is 190 g/mol. The Balaban J connectivity index is 3.85. The highest BCUT2D eigenvalue weighted by atomic mass is 16.4. The molecule has 15 heavy (non-hydrogen) atoms. The van der Waals surface area contributed by atoms with Gasteiger partial charge in [-0.15, -0.1) is 0 Å². The quantitative estimate of drug-likeness (QED) is 0.497. The average molecular weight is 213 g/mol. The minimum absolute atomic E-state index is 0.511. The first-order valence-electron chi connectivity index (χ1n) is 5.72. The summed E-state index contributed by atoms with van der Waals surface area (Å²) in [6.07, 6.45) is 6.06. The molecule has 0 radical (unpaired) electrons. The Morgan fingerprint density at radius 1 is 1.33 bits per heavy atom. The maximum atomic E-state index is 10.7. The molecule has 0 saturated heterocycles. The lowest BCUT2D eigenvalue weighted by molar-refractivity contribution is -0.132. The lowest BCUT2D eigenvalue weighted by atomic mass is 10.2. The summed E-state index contributed by atoms with van der Waals surface area (Å²) >= 11 is 0. The molecule has 0 rings (SSSR count). The van der Waals surface area contributed by atoms with Crippen molar-refractivity contribution in [1.82, 2.24) is 4.90 Å². The zero-order valence-electron chi connectivity index (χ0n) is 10.1. The second-order valence-electron chi connectivity index (χ2n) is 3.86. The smallest absolute Gasteiger partial charge is 0.331 e. The summed E-state index contributed by atoms with van der Waals surface area (Å²) < 4.78 is 0. The van der Waals surface area contributed by atoms with Crippen LogP contribution < -0.4 is 0 Å². The molecule has 0 amide bonds. The normalized spacial score (nSPS) is 12.1. The Morgan fingerprint density at radius 3 is 2.47 bits per heavy atom. The van der Waals surface area contributed by atoms with Crippen LogP contribution >= 0.6 is 0 Å². The van der Waals surface area contributed by atoms with E-state index in [0.29, 0.717) is 12.0 Å². The average Bonchev–Trinajstić information content (AvgIpc) is 2.18. The monoisotopic (exact) mass is 213 g/mol. The van der Waals surface area contributed by atoms with E-state index in [2.05, 4.69) is 11.8 Å². The first-order chi connectivity index (χ1) is 7.11. The summed E-state index contributed by atoms with van der Waals surface area (Å²) in [6, 6.07) is 0. The number of hydrogen-bond donors (Lipinski definition) is 1. The van der Waals surface area contributed by atoms with E-state index in [1.165, 1.54) is 19.3 Å². The van der Waals surface area contributed by atoms with E-state index < -0.39 is 5.97 Å². The molecule has 0 aromatic rings. The fourth-order valence-electron chi connectivity index (χ4n) is 1.37. The van der Waals surface area contributed by atoms with Crippen LogP contribution in [0.2, 0.25) is 0 Å². The van der Waals surface area contributed by atoms with Gasteiger partial charge in [-0.2, -0.15) is 0 Å². The van der Waals surface area contributed by atoms with Gasteiger partial charge in [0.2, 0.25) is 0 Å². The van der Waals surface area contributed by atoms with Crippen LogP contribution in [0.25, 0.3) is 0 Å². The molecule has 0 fully saturated rings. The fraction of sp³-hybridized carbons (Fsp3) is 0.750. The van der Waals surface area contributed by atoms with Crippen molar-refractivity contribution in [3.63, 3.8) is 0 Å². The first-order valence-corrected chi connectivity index (χ1v) is 5.72. The summed E-state index contributed by atoms with van der Waals surface area (Å²) in [4.78, 5) is 12.9. The van der Waals surface area contributed by atoms with Crippen LogP contribution in [-0.2, 0) is 4.79 Å². The highest BCUT2D eigenvalue weighted by Crippen LogP contribution is 2.02. The molecule has 0 bridgehead atoms. The van der Waals surface area contributed by atoms with Crippen LogP contribution in [-0.4, -0.2) is 36.1 Å². The summed E-state index contributed by atoms with van der Waals surface area (Å²) in [5.41, 5.74) is 0.511. The van der Waals surface area contributed by atoms with E-state index in [1.54, 1.807) is 0 Å². The summed E-state index contributed by atoms with van der Waals surface area (Å²) in [5.74, 6) is -0.792. The minimum Gasteiger partial charge on any atom is -0.478 e. The van der Waals surface area contributed by atoms with Crippen LogP contribution in [0.4, 0.5) is 0 Å². The molecule has 0 spiro atoms. The molecule has 88 valence electrons. The molecule has 3 nitrogen and oxygen atoms in total. The standard InChI is InChI=1S/C12H23NO2/c1-4-6-7-9-13(3)10-8-11(5-2)12(14)15/h8H,4-7,9-10H2,1-3H3,(H,14,15). The highest BCUT2D eigenvalue weighted by Gasteiger charge is 2.04. The third kappa shape index (κ3) is 7.14. The molecule has 3 heteroatoms. The Hall–Kier alpha value is -0.830. The summed E-state index contributed by atoms with van der Waals surface area (Å²) in [7, 11) is 2.03. The highest BCUT2D eigenvalue weighted by molar-refractivity contribution is 5.86. The number of rotatable bonds is 8. The van der Waals surface area contributed by atoms with Gasteiger partial charge < -0.3 is 10.0 Å². The number of carbonyl (C=O) groups is 1. The van der Waals surface area contributed by atoms with Gasteiger partial charge in [0, 0.05) is 12.1 Å². The predicted octanol–water partition coefficient (Wildman–Crippen LogP) is 2.53. The van der Waals surface area contributed by atoms with Crippen molar-refractivity contribution in [3.8, 4) is 0 Å². The zero-order chi connectivity index (χ0) is 11.7. The van der Waals surface area contributed by atoms with Crippen molar-refractivity contribution in [2.24, 2.45) is 0 Å². The lowest BCUT2D eigenvalue weighted by Crippen LogP contribution is -2.20. The molecule has 1 N–H and O–H groups in total. The van der Waals surface area contributed by atoms with E-state index in [1.807, 2.05) is 20.0 Å². The third-order valence-electron chi connectivity index (χ3n) is 2.45. The van der Waals surface area contributed by atoms with Crippen LogP contribution in [0, 0.1) is 0 Å². The third-order valence-corrected chi connectivity index (χ3v) is 2.45. The lowest BCUT2D eigenvalue weighted by Gasteiger charge is -2.14. The predicted molar refractivity (Wildman–Crippen MR) is 63.0 cm³/mol. The van der Waals surface area contributed by atoms with Gasteiger partial charge in [0.1, 0.15) is 0 Å². The van der Waals surface area contributed by atoms with Crippen molar-refractivity contribution in [1.29, 1.82) is 0 Å². The second kappa shape index (κ2) is 8.48. The Morgan fingerprint density at radius 2 is 2.00 bits per heavy atom. The molecule has 0 aromatic heterocycles. The Labute approximate surface area is 92.8 Å². The van der Waals surface area contributed by atoms with Gasteiger partial charge in [-0.25, -0.2) is 4.79 Å². The van der Waals surface area contributed by atoms with Crippen molar-refractivity contribution in [3.05, 3.63) is 11.6 Å². The fourth-order valence-corrected chi connectivity index (χ4v) is 1.37. The molecule has 0 aliphatic carbocycles. The molecular formula is C12H23NO2. The SMILES string of the molecule is CCCCCN(C)CC=C(CC)C(=O)O. The number of aliphatic carboxylic acids is 1. The summed E-state index contributed by atoms with van der Waals surface area (Å²) in [6.45, 7) is 5.83. The molecule has 0 unspecified atom stereocenters. The number of unbranched alkanes of at least 4 members (excludes halogenated alkanes) is 2. The largest absolute Gasteiger partial charge is 0.478 e. The van der Waals surface area contributed by atoms with E-state index in [9.17, 15) is 4.79 Å². The second-order valence-corrected chi connectivity index (χ2v) is 3.86. The van der Waals surface area contributed by atoms with E-state index in [0.717, 1.165) is 13.1 Å². The molecule has 0 atom stereocenters. The van der Waals surface area contributed by atoms with Crippen molar-refractivity contribution in [2.75, 3.05) is 20.1 Å². The van der Waals surface area contributed by atoms with E-state index in [-0.39, 0.29) is 0 Å². The molecule has 0 heterocycles. The first kappa shape index (κ1) is 14.2. The van der Waals surface area contributed by atoms with Gasteiger partial charge in [-0.05, 0) is 26.4 Å². The maximum absolute atomic E-state index is 10.7. The molecule has 0 saturated carbocycles. The molecule has 0 aliphatic heterocycles. The van der Waals surface area contributed by atoms with E-state index >= 15 is 0 Å². The van der Waals surface area contributed by atoms with Crippen LogP contribution in [0.15, 0.2) is 11.6 Å². The van der Waals surface area contributed by atoms with Crippen molar-refractivity contribution < 1.29 is 9.90 Å². The number of hydrogen-bond acceptors (Lipinski definition) is 2. The number of likely N-dealkylation sites (N-methyl/N-ethyl adjacent to an activating group) is 1.